The van der Waals surface area contributed by atoms with Crippen molar-refractivity contribution in [3.05, 3.63) is 47.8 Å². The Morgan fingerprint density at radius 2 is 1.88 bits per heavy atom. The molecule has 2 saturated carbocycles. The first kappa shape index (κ1) is 19.7. The van der Waals surface area contributed by atoms with Gasteiger partial charge < -0.3 is 15.2 Å². The highest BCUT2D eigenvalue weighted by Gasteiger charge is 2.30. The first-order valence-corrected chi connectivity index (χ1v) is 11.2. The van der Waals surface area contributed by atoms with Gasteiger partial charge in [0.15, 0.2) is 0 Å². The molecule has 0 radical (unpaired) electrons. The number of hydrogen-bond donors (Lipinski definition) is 2. The van der Waals surface area contributed by atoms with Crippen molar-refractivity contribution in [1.82, 2.24) is 24.5 Å². The van der Waals surface area contributed by atoms with Crippen LogP contribution in [0.25, 0.3) is 21.8 Å². The van der Waals surface area contributed by atoms with Gasteiger partial charge in [-0.15, -0.1) is 0 Å². The van der Waals surface area contributed by atoms with E-state index in [1.807, 2.05) is 19.2 Å². The summed E-state index contributed by atoms with van der Waals surface area (Å²) in [5, 5.41) is 7.73. The Balaban J connectivity index is 1.38. The fourth-order valence-electron chi connectivity index (χ4n) is 4.10. The number of aryl methyl sites for hydroxylation is 1. The van der Waals surface area contributed by atoms with Crippen LogP contribution >= 0.6 is 0 Å². The van der Waals surface area contributed by atoms with Gasteiger partial charge in [-0.05, 0) is 43.7 Å². The monoisotopic (exact) mass is 437 g/mol. The van der Waals surface area contributed by atoms with Crippen molar-refractivity contribution in [2.45, 2.75) is 31.6 Å². The molecule has 2 aliphatic carbocycles. The number of anilines is 2. The van der Waals surface area contributed by atoms with Gasteiger partial charge in [0, 0.05) is 49.1 Å². The van der Waals surface area contributed by atoms with Crippen LogP contribution in [0.1, 0.15) is 48.7 Å². The molecule has 0 aliphatic heterocycles. The van der Waals surface area contributed by atoms with Gasteiger partial charge in [-0.3, -0.25) is 4.79 Å². The predicted molar refractivity (Wildman–Crippen MR) is 127 cm³/mol. The molecule has 8 nitrogen and oxygen atoms in total. The van der Waals surface area contributed by atoms with E-state index in [0.29, 0.717) is 23.2 Å². The van der Waals surface area contributed by atoms with Crippen LogP contribution in [0, 0.1) is 17.8 Å². The number of carbonyl (C=O) groups excluding carboxylic acids is 1. The van der Waals surface area contributed by atoms with Gasteiger partial charge in [-0.2, -0.15) is 0 Å². The van der Waals surface area contributed by atoms with Crippen LogP contribution in [-0.4, -0.2) is 37.5 Å². The largest absolute Gasteiger partial charge is 0.373 e. The van der Waals surface area contributed by atoms with E-state index in [1.165, 1.54) is 12.8 Å². The summed E-state index contributed by atoms with van der Waals surface area (Å²) < 4.78 is 2.15. The van der Waals surface area contributed by atoms with E-state index >= 15 is 0 Å². The van der Waals surface area contributed by atoms with Crippen molar-refractivity contribution >= 4 is 39.3 Å². The number of nitrogens with one attached hydrogen (secondary N) is 2. The van der Waals surface area contributed by atoms with Crippen molar-refractivity contribution < 1.29 is 4.79 Å². The number of fused-ring (bicyclic) bond motifs is 2. The molecular weight excluding hydrogens is 414 g/mol. The zero-order valence-electron chi connectivity index (χ0n) is 18.5. The van der Waals surface area contributed by atoms with Crippen LogP contribution < -0.4 is 10.6 Å². The lowest BCUT2D eigenvalue weighted by Crippen LogP contribution is -2.14. The average molecular weight is 438 g/mol. The summed E-state index contributed by atoms with van der Waals surface area (Å²) in [5.74, 6) is 9.48. The highest BCUT2D eigenvalue weighted by Crippen LogP contribution is 2.40. The molecule has 0 unspecified atom stereocenters. The molecule has 2 N–H and O–H groups in total. The van der Waals surface area contributed by atoms with Crippen molar-refractivity contribution in [3.63, 3.8) is 0 Å². The molecule has 4 aromatic heterocycles. The standard InChI is InChI=1S/C25H23N7O/c1-26-23-19-12-28-22(31-25(33)15-5-6-15)10-18(19)16(11-29-23)7-8-17-9-21-20(13-27-17)30-24(32(21)2)14-3-4-14/h9-15H,3-6H2,1-2H3,(H,26,29)(H,28,31,33). The summed E-state index contributed by atoms with van der Waals surface area (Å²) in [6, 6.07) is 3.85. The summed E-state index contributed by atoms with van der Waals surface area (Å²) in [4.78, 5) is 30.3. The molecule has 0 atom stereocenters. The van der Waals surface area contributed by atoms with Crippen molar-refractivity contribution in [2.24, 2.45) is 13.0 Å². The molecule has 1 amide bonds. The van der Waals surface area contributed by atoms with E-state index in [2.05, 4.69) is 49.0 Å². The number of pyridine rings is 3. The smallest absolute Gasteiger partial charge is 0.228 e. The fraction of sp³-hybridized carbons (Fsp3) is 0.320. The van der Waals surface area contributed by atoms with Crippen molar-refractivity contribution in [2.75, 3.05) is 17.7 Å². The van der Waals surface area contributed by atoms with Gasteiger partial charge in [0.1, 0.15) is 28.7 Å². The maximum Gasteiger partial charge on any atom is 0.228 e. The van der Waals surface area contributed by atoms with Crippen LogP contribution in [0.15, 0.2) is 30.7 Å². The van der Waals surface area contributed by atoms with Gasteiger partial charge in [0.2, 0.25) is 5.91 Å². The molecule has 8 heteroatoms. The normalized spacial score (nSPS) is 15.3. The average Bonchev–Trinajstić information content (AvgIpc) is 3.75. The van der Waals surface area contributed by atoms with Crippen LogP contribution in [0.4, 0.5) is 11.6 Å². The summed E-state index contributed by atoms with van der Waals surface area (Å²) in [6.07, 6.45) is 9.56. The van der Waals surface area contributed by atoms with E-state index in [0.717, 1.165) is 46.0 Å². The van der Waals surface area contributed by atoms with Gasteiger partial charge in [-0.25, -0.2) is 19.9 Å². The van der Waals surface area contributed by atoms with Crippen LogP contribution in [0.5, 0.6) is 0 Å². The number of rotatable bonds is 4. The van der Waals surface area contributed by atoms with Crippen molar-refractivity contribution in [1.29, 1.82) is 0 Å². The summed E-state index contributed by atoms with van der Waals surface area (Å²) in [5.41, 5.74) is 3.37. The van der Waals surface area contributed by atoms with Gasteiger partial charge in [0.05, 0.1) is 17.3 Å². The molecule has 2 fully saturated rings. The summed E-state index contributed by atoms with van der Waals surface area (Å²) in [6.45, 7) is 0. The number of aromatic nitrogens is 5. The number of amides is 1. The number of nitrogens with zero attached hydrogens (tertiary/aromatic N) is 5. The Hall–Kier alpha value is -3.99. The molecule has 164 valence electrons. The molecule has 33 heavy (non-hydrogen) atoms. The zero-order chi connectivity index (χ0) is 22.5. The Morgan fingerprint density at radius 1 is 1.03 bits per heavy atom. The van der Waals surface area contributed by atoms with Gasteiger partial charge in [-0.1, -0.05) is 5.92 Å². The minimum atomic E-state index is 0.0247. The van der Waals surface area contributed by atoms with E-state index in [1.54, 1.807) is 18.6 Å². The fourth-order valence-corrected chi connectivity index (χ4v) is 4.10. The molecule has 0 spiro atoms. The molecule has 6 rings (SSSR count). The number of carbonyl (C=O) groups is 1. The minimum absolute atomic E-state index is 0.0247. The predicted octanol–water partition coefficient (Wildman–Crippen LogP) is 3.58. The third kappa shape index (κ3) is 3.65. The lowest BCUT2D eigenvalue weighted by molar-refractivity contribution is -0.117. The third-order valence-corrected chi connectivity index (χ3v) is 6.28. The van der Waals surface area contributed by atoms with Crippen molar-refractivity contribution in [3.8, 4) is 11.8 Å². The summed E-state index contributed by atoms with van der Waals surface area (Å²) >= 11 is 0. The molecule has 4 aromatic rings. The minimum Gasteiger partial charge on any atom is -0.373 e. The Bertz CT molecular complexity index is 1490. The molecule has 0 saturated heterocycles. The maximum absolute atomic E-state index is 12.2. The van der Waals surface area contributed by atoms with E-state index < -0.39 is 0 Å². The van der Waals surface area contributed by atoms with Crippen LogP contribution in [0.3, 0.4) is 0 Å². The second kappa shape index (κ2) is 7.55. The van der Waals surface area contributed by atoms with E-state index in [4.69, 9.17) is 4.98 Å². The molecule has 2 aliphatic rings. The quantitative estimate of drug-likeness (QED) is 0.474. The molecule has 0 aromatic carbocycles. The topological polar surface area (TPSA) is 97.6 Å². The Labute approximate surface area is 190 Å². The highest BCUT2D eigenvalue weighted by atomic mass is 16.2. The van der Waals surface area contributed by atoms with E-state index in [-0.39, 0.29) is 11.8 Å². The lowest BCUT2D eigenvalue weighted by Gasteiger charge is -2.09. The first-order chi connectivity index (χ1) is 16.1. The SMILES string of the molecule is CNc1ncc(C#Cc2cc3c(cn2)nc(C2CC2)n3C)c2cc(NC(=O)C3CC3)ncc12. The van der Waals surface area contributed by atoms with Crippen LogP contribution in [-0.2, 0) is 11.8 Å². The first-order valence-electron chi connectivity index (χ1n) is 11.2. The Morgan fingerprint density at radius 3 is 2.64 bits per heavy atom. The molecule has 0 bridgehead atoms. The van der Waals surface area contributed by atoms with Gasteiger partial charge >= 0.3 is 0 Å². The zero-order valence-corrected chi connectivity index (χ0v) is 18.5. The van der Waals surface area contributed by atoms with Crippen LogP contribution in [0.2, 0.25) is 0 Å². The molecular formula is C25H23N7O. The third-order valence-electron chi connectivity index (χ3n) is 6.28. The van der Waals surface area contributed by atoms with E-state index in [9.17, 15) is 4.79 Å². The van der Waals surface area contributed by atoms with Gasteiger partial charge in [0.25, 0.3) is 0 Å². The summed E-state index contributed by atoms with van der Waals surface area (Å²) in [7, 11) is 3.87. The number of hydrogen-bond acceptors (Lipinski definition) is 6. The number of imidazole rings is 1. The maximum atomic E-state index is 12.2. The second-order valence-corrected chi connectivity index (χ2v) is 8.76. The second-order valence-electron chi connectivity index (χ2n) is 8.76. The highest BCUT2D eigenvalue weighted by molar-refractivity contribution is 5.99. The lowest BCUT2D eigenvalue weighted by atomic mass is 10.1. The molecule has 4 heterocycles. The Kier molecular flexibility index (Phi) is 4.50.